The minimum Gasteiger partial charge on any atom is -0.392 e. The van der Waals surface area contributed by atoms with E-state index in [1.165, 1.54) is 0 Å². The number of carbonyl (C=O) groups excluding carboxylic acids is 1. The minimum absolute atomic E-state index is 0.204. The number of carbonyl (C=O) groups is 1. The SMILES string of the molecule is CCC(CC)(C(N)=O)C(N)=S. The average molecular weight is 174 g/mol. The fraction of sp³-hybridized carbons (Fsp3) is 0.714. The summed E-state index contributed by atoms with van der Waals surface area (Å²) in [6.45, 7) is 3.71. The van der Waals surface area contributed by atoms with Crippen molar-refractivity contribution in [2.24, 2.45) is 16.9 Å². The smallest absolute Gasteiger partial charge is 0.230 e. The van der Waals surface area contributed by atoms with Gasteiger partial charge in [0.2, 0.25) is 5.91 Å². The normalized spacial score (nSPS) is 11.1. The Balaban J connectivity index is 4.76. The predicted molar refractivity (Wildman–Crippen MR) is 49.0 cm³/mol. The Morgan fingerprint density at radius 2 is 1.73 bits per heavy atom. The molecule has 0 saturated heterocycles. The van der Waals surface area contributed by atoms with Crippen LogP contribution < -0.4 is 11.5 Å². The Kier molecular flexibility index (Phi) is 3.45. The fourth-order valence-corrected chi connectivity index (χ4v) is 1.46. The molecule has 0 aliphatic heterocycles. The maximum atomic E-state index is 11.0. The van der Waals surface area contributed by atoms with Crippen LogP contribution in [0, 0.1) is 5.41 Å². The van der Waals surface area contributed by atoms with Gasteiger partial charge in [0.15, 0.2) is 0 Å². The molecule has 0 atom stereocenters. The van der Waals surface area contributed by atoms with Crippen LogP contribution in [0.4, 0.5) is 0 Å². The molecule has 0 aliphatic carbocycles. The van der Waals surface area contributed by atoms with Crippen molar-refractivity contribution >= 4 is 23.1 Å². The van der Waals surface area contributed by atoms with Crippen molar-refractivity contribution < 1.29 is 4.79 Å². The fourth-order valence-electron chi connectivity index (χ4n) is 1.07. The molecule has 0 spiro atoms. The summed E-state index contributed by atoms with van der Waals surface area (Å²) in [6.07, 6.45) is 1.16. The molecule has 0 saturated carbocycles. The molecule has 0 radical (unpaired) electrons. The number of primary amides is 1. The highest BCUT2D eigenvalue weighted by Crippen LogP contribution is 2.25. The van der Waals surface area contributed by atoms with Crippen molar-refractivity contribution in [2.75, 3.05) is 0 Å². The summed E-state index contributed by atoms with van der Waals surface area (Å²) in [4.78, 5) is 11.2. The molecule has 11 heavy (non-hydrogen) atoms. The van der Waals surface area contributed by atoms with Gasteiger partial charge in [-0.15, -0.1) is 0 Å². The highest BCUT2D eigenvalue weighted by molar-refractivity contribution is 7.80. The van der Waals surface area contributed by atoms with Crippen LogP contribution in [0.3, 0.4) is 0 Å². The molecule has 1 amide bonds. The van der Waals surface area contributed by atoms with E-state index in [4.69, 9.17) is 23.7 Å². The Bertz CT molecular complexity index is 159. The predicted octanol–water partition coefficient (Wildman–Crippen LogP) is 0.564. The first-order valence-corrected chi connectivity index (χ1v) is 4.02. The summed E-state index contributed by atoms with van der Waals surface area (Å²) in [6, 6.07) is 0. The van der Waals surface area contributed by atoms with E-state index < -0.39 is 11.3 Å². The standard InChI is InChI=1S/C7H14N2OS/c1-3-7(4-2,5(8)10)6(9)11/h3-4H2,1-2H3,(H2,8,10)(H2,9,11). The lowest BCUT2D eigenvalue weighted by Crippen LogP contribution is -2.45. The Labute approximate surface area is 72.1 Å². The molecule has 0 fully saturated rings. The van der Waals surface area contributed by atoms with Gasteiger partial charge in [-0.2, -0.15) is 0 Å². The summed E-state index contributed by atoms with van der Waals surface area (Å²) < 4.78 is 0. The molecule has 0 rings (SSSR count). The number of thiocarbonyl (C=S) groups is 1. The number of hydrogen-bond donors (Lipinski definition) is 2. The van der Waals surface area contributed by atoms with Crippen LogP contribution in [-0.4, -0.2) is 10.9 Å². The van der Waals surface area contributed by atoms with Crippen LogP contribution in [0.15, 0.2) is 0 Å². The van der Waals surface area contributed by atoms with E-state index in [-0.39, 0.29) is 4.99 Å². The van der Waals surface area contributed by atoms with Crippen LogP contribution in [0.5, 0.6) is 0 Å². The van der Waals surface area contributed by atoms with Gasteiger partial charge >= 0.3 is 0 Å². The van der Waals surface area contributed by atoms with E-state index in [1.54, 1.807) is 0 Å². The molecule has 0 unspecified atom stereocenters. The van der Waals surface area contributed by atoms with Gasteiger partial charge in [-0.1, -0.05) is 26.1 Å². The molecule has 0 aliphatic rings. The summed E-state index contributed by atoms with van der Waals surface area (Å²) >= 11 is 4.78. The molecule has 0 bridgehead atoms. The monoisotopic (exact) mass is 174 g/mol. The van der Waals surface area contributed by atoms with Crippen LogP contribution in [-0.2, 0) is 4.79 Å². The molecular weight excluding hydrogens is 160 g/mol. The lowest BCUT2D eigenvalue weighted by Gasteiger charge is -2.25. The van der Waals surface area contributed by atoms with Crippen molar-refractivity contribution in [1.82, 2.24) is 0 Å². The maximum Gasteiger partial charge on any atom is 0.230 e. The summed E-state index contributed by atoms with van der Waals surface area (Å²) in [5.41, 5.74) is 9.84. The van der Waals surface area contributed by atoms with Gasteiger partial charge in [0.1, 0.15) is 0 Å². The second-order valence-electron chi connectivity index (χ2n) is 2.52. The van der Waals surface area contributed by atoms with Crippen molar-refractivity contribution in [2.45, 2.75) is 26.7 Å². The van der Waals surface area contributed by atoms with E-state index in [1.807, 2.05) is 13.8 Å². The van der Waals surface area contributed by atoms with E-state index in [0.29, 0.717) is 12.8 Å². The zero-order chi connectivity index (χ0) is 9.07. The van der Waals surface area contributed by atoms with Gasteiger partial charge in [-0.05, 0) is 12.8 Å². The lowest BCUT2D eigenvalue weighted by atomic mass is 9.82. The summed E-state index contributed by atoms with van der Waals surface area (Å²) in [5.74, 6) is -0.421. The molecule has 4 N–H and O–H groups in total. The van der Waals surface area contributed by atoms with Gasteiger partial charge in [0.05, 0.1) is 10.4 Å². The van der Waals surface area contributed by atoms with E-state index in [9.17, 15) is 4.79 Å². The van der Waals surface area contributed by atoms with E-state index >= 15 is 0 Å². The Hall–Kier alpha value is -0.640. The quantitative estimate of drug-likeness (QED) is 0.612. The minimum atomic E-state index is -0.769. The maximum absolute atomic E-state index is 11.0. The highest BCUT2D eigenvalue weighted by atomic mass is 32.1. The highest BCUT2D eigenvalue weighted by Gasteiger charge is 2.35. The zero-order valence-corrected chi connectivity index (χ0v) is 7.70. The molecule has 3 nitrogen and oxygen atoms in total. The first kappa shape index (κ1) is 10.4. The van der Waals surface area contributed by atoms with Crippen LogP contribution in [0.25, 0.3) is 0 Å². The first-order valence-electron chi connectivity index (χ1n) is 3.61. The van der Waals surface area contributed by atoms with Crippen LogP contribution in [0.1, 0.15) is 26.7 Å². The second-order valence-corrected chi connectivity index (χ2v) is 2.96. The molecule has 64 valence electrons. The molecule has 0 aromatic rings. The number of nitrogens with two attached hydrogens (primary N) is 2. The average Bonchev–Trinajstić information content (AvgIpc) is 1.90. The van der Waals surface area contributed by atoms with Crippen molar-refractivity contribution in [3.63, 3.8) is 0 Å². The summed E-state index contributed by atoms with van der Waals surface area (Å²) in [5, 5.41) is 0. The molecular formula is C7H14N2OS. The largest absolute Gasteiger partial charge is 0.392 e. The van der Waals surface area contributed by atoms with Gasteiger partial charge in [0.25, 0.3) is 0 Å². The Morgan fingerprint density at radius 1 is 1.36 bits per heavy atom. The van der Waals surface area contributed by atoms with Crippen molar-refractivity contribution in [3.8, 4) is 0 Å². The zero-order valence-electron chi connectivity index (χ0n) is 6.89. The molecule has 0 aromatic heterocycles. The van der Waals surface area contributed by atoms with Gasteiger partial charge in [-0.3, -0.25) is 4.79 Å². The second kappa shape index (κ2) is 3.67. The topological polar surface area (TPSA) is 69.1 Å². The molecule has 4 heteroatoms. The third-order valence-corrected chi connectivity index (χ3v) is 2.54. The molecule has 0 aromatic carbocycles. The summed E-state index contributed by atoms with van der Waals surface area (Å²) in [7, 11) is 0. The van der Waals surface area contributed by atoms with Crippen LogP contribution in [0.2, 0.25) is 0 Å². The lowest BCUT2D eigenvalue weighted by molar-refractivity contribution is -0.124. The van der Waals surface area contributed by atoms with Gasteiger partial charge < -0.3 is 11.5 Å². The van der Waals surface area contributed by atoms with Gasteiger partial charge in [-0.25, -0.2) is 0 Å². The number of amides is 1. The third kappa shape index (κ3) is 1.68. The number of rotatable bonds is 4. The third-order valence-electron chi connectivity index (χ3n) is 2.15. The first-order chi connectivity index (χ1) is 5.01. The van der Waals surface area contributed by atoms with Crippen molar-refractivity contribution in [1.29, 1.82) is 0 Å². The van der Waals surface area contributed by atoms with Crippen LogP contribution >= 0.6 is 12.2 Å². The van der Waals surface area contributed by atoms with Crippen molar-refractivity contribution in [3.05, 3.63) is 0 Å². The van der Waals surface area contributed by atoms with E-state index in [0.717, 1.165) is 0 Å². The van der Waals surface area contributed by atoms with E-state index in [2.05, 4.69) is 0 Å². The Morgan fingerprint density at radius 3 is 1.73 bits per heavy atom. The van der Waals surface area contributed by atoms with Gasteiger partial charge in [0, 0.05) is 0 Å². The molecule has 0 heterocycles. The number of hydrogen-bond acceptors (Lipinski definition) is 2.